The van der Waals surface area contributed by atoms with Crippen LogP contribution >= 0.6 is 11.6 Å². The number of ether oxygens (including phenoxy) is 2. The number of halogens is 1. The lowest BCUT2D eigenvalue weighted by atomic mass is 10.2. The van der Waals surface area contributed by atoms with Crippen LogP contribution in [0.3, 0.4) is 0 Å². The highest BCUT2D eigenvalue weighted by molar-refractivity contribution is 7.89. The number of para-hydroxylation sites is 1. The summed E-state index contributed by atoms with van der Waals surface area (Å²) < 4.78 is 37.3. The number of rotatable bonds is 9. The molecule has 0 radical (unpaired) electrons. The monoisotopic (exact) mass is 460 g/mol. The molecule has 0 aliphatic rings. The molecule has 0 aliphatic heterocycles. The smallest absolute Gasteiger partial charge is 0.255 e. The van der Waals surface area contributed by atoms with Gasteiger partial charge in [-0.05, 0) is 60.7 Å². The van der Waals surface area contributed by atoms with Gasteiger partial charge in [0.05, 0.1) is 16.5 Å². The number of hydrogen-bond donors (Lipinski definition) is 2. The molecule has 3 aromatic rings. The quantitative estimate of drug-likeness (QED) is 0.464. The highest BCUT2D eigenvalue weighted by Crippen LogP contribution is 2.29. The average molecular weight is 461 g/mol. The molecule has 9 heteroatoms. The van der Waals surface area contributed by atoms with E-state index in [0.29, 0.717) is 27.8 Å². The van der Waals surface area contributed by atoms with Crippen molar-refractivity contribution in [1.29, 1.82) is 0 Å². The molecule has 0 bridgehead atoms. The fraction of sp³-hybridized carbons (Fsp3) is 0.136. The largest absolute Gasteiger partial charge is 0.456 e. The first-order valence-electron chi connectivity index (χ1n) is 9.31. The van der Waals surface area contributed by atoms with Crippen LogP contribution in [0.2, 0.25) is 5.02 Å². The number of carbonyl (C=O) groups is 1. The van der Waals surface area contributed by atoms with Crippen molar-refractivity contribution in [3.8, 4) is 11.5 Å². The molecular weight excluding hydrogens is 440 g/mol. The molecule has 162 valence electrons. The molecule has 31 heavy (non-hydrogen) atoms. The third-order valence-electron chi connectivity index (χ3n) is 4.20. The van der Waals surface area contributed by atoms with Crippen molar-refractivity contribution in [3.63, 3.8) is 0 Å². The van der Waals surface area contributed by atoms with Crippen LogP contribution in [-0.2, 0) is 14.8 Å². The van der Waals surface area contributed by atoms with E-state index < -0.39 is 10.0 Å². The topological polar surface area (TPSA) is 93.7 Å². The minimum atomic E-state index is -3.65. The Hall–Kier alpha value is -2.91. The Labute approximate surface area is 186 Å². The fourth-order valence-corrected chi connectivity index (χ4v) is 3.80. The zero-order valence-corrected chi connectivity index (χ0v) is 18.2. The van der Waals surface area contributed by atoms with E-state index >= 15 is 0 Å². The van der Waals surface area contributed by atoms with Crippen LogP contribution in [0.1, 0.15) is 10.4 Å². The van der Waals surface area contributed by atoms with E-state index in [2.05, 4.69) is 10.0 Å². The second-order valence-electron chi connectivity index (χ2n) is 6.43. The van der Waals surface area contributed by atoms with Gasteiger partial charge in [0, 0.05) is 24.9 Å². The maximum atomic E-state index is 12.5. The summed E-state index contributed by atoms with van der Waals surface area (Å²) in [4.78, 5) is 12.5. The van der Waals surface area contributed by atoms with Gasteiger partial charge in [-0.1, -0.05) is 23.7 Å². The summed E-state index contributed by atoms with van der Waals surface area (Å²) in [6.45, 7) is 0.430. The SMILES string of the molecule is COCCNS(=O)(=O)c1ccc(C(=O)Nc2ccc(Oc3ccccc3Cl)cc2)cc1. The van der Waals surface area contributed by atoms with Gasteiger partial charge in [-0.15, -0.1) is 0 Å². The normalized spacial score (nSPS) is 11.2. The van der Waals surface area contributed by atoms with Crippen molar-refractivity contribution in [2.75, 3.05) is 25.6 Å². The van der Waals surface area contributed by atoms with Crippen molar-refractivity contribution in [1.82, 2.24) is 4.72 Å². The summed E-state index contributed by atoms with van der Waals surface area (Å²) in [5.41, 5.74) is 0.890. The van der Waals surface area contributed by atoms with Crippen LogP contribution in [0.25, 0.3) is 0 Å². The van der Waals surface area contributed by atoms with E-state index in [1.807, 2.05) is 12.1 Å². The van der Waals surface area contributed by atoms with Crippen LogP contribution in [0.15, 0.2) is 77.7 Å². The Morgan fingerprint density at radius 3 is 2.29 bits per heavy atom. The average Bonchev–Trinajstić information content (AvgIpc) is 2.77. The molecule has 3 aromatic carbocycles. The predicted octanol–water partition coefficient (Wildman–Crippen LogP) is 4.31. The number of benzene rings is 3. The van der Waals surface area contributed by atoms with E-state index in [0.717, 1.165) is 0 Å². The van der Waals surface area contributed by atoms with Gasteiger partial charge in [0.1, 0.15) is 11.5 Å². The maximum Gasteiger partial charge on any atom is 0.255 e. The molecule has 0 atom stereocenters. The Balaban J connectivity index is 1.61. The van der Waals surface area contributed by atoms with Crippen LogP contribution in [0, 0.1) is 0 Å². The van der Waals surface area contributed by atoms with Crippen LogP contribution in [0.4, 0.5) is 5.69 Å². The highest BCUT2D eigenvalue weighted by Gasteiger charge is 2.14. The molecule has 1 amide bonds. The molecule has 0 fully saturated rings. The van der Waals surface area contributed by atoms with Gasteiger partial charge in [0.2, 0.25) is 10.0 Å². The molecule has 3 rings (SSSR count). The van der Waals surface area contributed by atoms with Gasteiger partial charge in [-0.3, -0.25) is 4.79 Å². The van der Waals surface area contributed by atoms with E-state index in [1.165, 1.54) is 31.4 Å². The van der Waals surface area contributed by atoms with E-state index in [4.69, 9.17) is 21.1 Å². The summed E-state index contributed by atoms with van der Waals surface area (Å²) >= 11 is 6.08. The number of anilines is 1. The summed E-state index contributed by atoms with van der Waals surface area (Å²) in [5, 5.41) is 3.26. The molecule has 0 saturated carbocycles. The van der Waals surface area contributed by atoms with Gasteiger partial charge in [0.15, 0.2) is 0 Å². The van der Waals surface area contributed by atoms with Crippen LogP contribution in [-0.4, -0.2) is 34.6 Å². The van der Waals surface area contributed by atoms with Crippen molar-refractivity contribution < 1.29 is 22.7 Å². The van der Waals surface area contributed by atoms with Gasteiger partial charge in [0.25, 0.3) is 5.91 Å². The fourth-order valence-electron chi connectivity index (χ4n) is 2.61. The van der Waals surface area contributed by atoms with Crippen LogP contribution < -0.4 is 14.8 Å². The molecule has 7 nitrogen and oxygen atoms in total. The molecule has 0 saturated heterocycles. The first-order valence-corrected chi connectivity index (χ1v) is 11.2. The molecule has 0 spiro atoms. The van der Waals surface area contributed by atoms with Crippen molar-refractivity contribution in [3.05, 3.63) is 83.4 Å². The summed E-state index contributed by atoms with van der Waals surface area (Å²) in [6, 6.07) is 19.6. The van der Waals surface area contributed by atoms with Gasteiger partial charge >= 0.3 is 0 Å². The third-order valence-corrected chi connectivity index (χ3v) is 5.99. The lowest BCUT2D eigenvalue weighted by Gasteiger charge is -2.10. The van der Waals surface area contributed by atoms with Crippen molar-refractivity contribution in [2.24, 2.45) is 0 Å². The van der Waals surface area contributed by atoms with Crippen LogP contribution in [0.5, 0.6) is 11.5 Å². The number of nitrogens with one attached hydrogen (secondary N) is 2. The Morgan fingerprint density at radius 2 is 1.65 bits per heavy atom. The highest BCUT2D eigenvalue weighted by atomic mass is 35.5. The predicted molar refractivity (Wildman–Crippen MR) is 119 cm³/mol. The molecule has 0 aliphatic carbocycles. The zero-order valence-electron chi connectivity index (χ0n) is 16.7. The van der Waals surface area contributed by atoms with E-state index in [9.17, 15) is 13.2 Å². The maximum absolute atomic E-state index is 12.5. The van der Waals surface area contributed by atoms with Crippen molar-refractivity contribution >= 4 is 33.2 Å². The molecule has 0 aromatic heterocycles. The van der Waals surface area contributed by atoms with Gasteiger partial charge < -0.3 is 14.8 Å². The summed E-state index contributed by atoms with van der Waals surface area (Å²) in [5.74, 6) is 0.741. The first-order chi connectivity index (χ1) is 14.9. The van der Waals surface area contributed by atoms with E-state index in [-0.39, 0.29) is 24.0 Å². The van der Waals surface area contributed by atoms with Crippen molar-refractivity contribution in [2.45, 2.75) is 4.90 Å². The number of sulfonamides is 1. The number of carbonyl (C=O) groups excluding carboxylic acids is 1. The Kier molecular flexibility index (Phi) is 7.64. The minimum Gasteiger partial charge on any atom is -0.456 e. The number of methoxy groups -OCH3 is 1. The lowest BCUT2D eigenvalue weighted by Crippen LogP contribution is -2.27. The minimum absolute atomic E-state index is 0.0706. The Bertz CT molecular complexity index is 1130. The summed E-state index contributed by atoms with van der Waals surface area (Å²) in [7, 11) is -2.17. The molecule has 0 heterocycles. The summed E-state index contributed by atoms with van der Waals surface area (Å²) in [6.07, 6.45) is 0. The second kappa shape index (κ2) is 10.4. The van der Waals surface area contributed by atoms with Gasteiger partial charge in [-0.2, -0.15) is 0 Å². The zero-order chi connectivity index (χ0) is 22.3. The number of hydrogen-bond acceptors (Lipinski definition) is 5. The molecule has 0 unspecified atom stereocenters. The third kappa shape index (κ3) is 6.28. The number of amides is 1. The second-order valence-corrected chi connectivity index (χ2v) is 8.60. The Morgan fingerprint density at radius 1 is 0.968 bits per heavy atom. The molecule has 2 N–H and O–H groups in total. The first kappa shape index (κ1) is 22.8. The molecular formula is C22H21ClN2O5S. The van der Waals surface area contributed by atoms with Gasteiger partial charge in [-0.25, -0.2) is 13.1 Å². The van der Waals surface area contributed by atoms with E-state index in [1.54, 1.807) is 36.4 Å². The standard InChI is InChI=1S/C22H21ClN2O5S/c1-29-15-14-24-31(27,28)19-12-6-16(7-13-19)22(26)25-17-8-10-18(11-9-17)30-21-5-3-2-4-20(21)23/h2-13,24H,14-15H2,1H3,(H,25,26). The lowest BCUT2D eigenvalue weighted by molar-refractivity contribution is 0.102.